The molecule has 2 nitrogen and oxygen atoms in total. The van der Waals surface area contributed by atoms with Crippen molar-refractivity contribution in [2.24, 2.45) is 28.0 Å². The molecule has 62 valence electrons. The molecule has 1 fully saturated rings. The van der Waals surface area contributed by atoms with Crippen molar-refractivity contribution in [3.63, 3.8) is 0 Å². The van der Waals surface area contributed by atoms with E-state index in [1.165, 1.54) is 0 Å². The minimum Gasteiger partial charge on any atom is -0.387 e. The van der Waals surface area contributed by atoms with Crippen LogP contribution in [0.1, 0.15) is 27.2 Å². The average Bonchev–Trinajstić information content (AvgIpc) is 2.34. The lowest BCUT2D eigenvalue weighted by molar-refractivity contribution is 0.430. The quantitative estimate of drug-likeness (QED) is 0.560. The summed E-state index contributed by atoms with van der Waals surface area (Å²) in [5.74, 6) is 2.41. The van der Waals surface area contributed by atoms with E-state index in [4.69, 9.17) is 5.73 Å². The second-order valence-electron chi connectivity index (χ2n) is 4.59. The highest BCUT2D eigenvalue weighted by molar-refractivity contribution is 5.82. The summed E-state index contributed by atoms with van der Waals surface area (Å²) in [6.45, 7) is 6.87. The second-order valence-corrected chi connectivity index (χ2v) is 4.59. The van der Waals surface area contributed by atoms with E-state index in [0.29, 0.717) is 11.5 Å². The van der Waals surface area contributed by atoms with Crippen molar-refractivity contribution in [2.75, 3.05) is 0 Å². The number of hydrogen-bond acceptors (Lipinski definition) is 2. The molecule has 1 aliphatic carbocycles. The Kier molecular flexibility index (Phi) is 1.16. The molecule has 0 saturated heterocycles. The number of amidine groups is 1. The van der Waals surface area contributed by atoms with Crippen LogP contribution in [0, 0.1) is 17.3 Å². The summed E-state index contributed by atoms with van der Waals surface area (Å²) < 4.78 is 0. The van der Waals surface area contributed by atoms with E-state index in [1.54, 1.807) is 0 Å². The molecule has 0 amide bonds. The standard InChI is InChI=1S/C9H16N2/c1-5-4-6(10)11-8-7(5)9(8,2)3/h5,7-8H,4H2,1-3H3,(H2,10,11)/t5-,7+,8-/m1/s1. The fourth-order valence-electron chi connectivity index (χ4n) is 2.63. The van der Waals surface area contributed by atoms with Crippen LogP contribution in [0.15, 0.2) is 4.99 Å². The zero-order chi connectivity index (χ0) is 8.22. The first-order chi connectivity index (χ1) is 5.03. The molecule has 0 radical (unpaired) electrons. The molecule has 2 rings (SSSR count). The first-order valence-corrected chi connectivity index (χ1v) is 4.35. The number of hydrogen-bond donors (Lipinski definition) is 1. The van der Waals surface area contributed by atoms with E-state index in [2.05, 4.69) is 25.8 Å². The van der Waals surface area contributed by atoms with Gasteiger partial charge in [-0.2, -0.15) is 0 Å². The van der Waals surface area contributed by atoms with E-state index in [-0.39, 0.29) is 0 Å². The lowest BCUT2D eigenvalue weighted by atomic mass is 9.95. The molecule has 0 spiro atoms. The smallest absolute Gasteiger partial charge is 0.0943 e. The molecule has 3 atom stereocenters. The topological polar surface area (TPSA) is 38.4 Å². The molecule has 0 aromatic rings. The van der Waals surface area contributed by atoms with Crippen molar-refractivity contribution >= 4 is 5.84 Å². The molecule has 0 unspecified atom stereocenters. The minimum absolute atomic E-state index is 0.431. The predicted octanol–water partition coefficient (Wildman–Crippen LogP) is 1.41. The lowest BCUT2D eigenvalue weighted by Gasteiger charge is -2.14. The molecule has 2 aliphatic rings. The highest BCUT2D eigenvalue weighted by atomic mass is 15.0. The van der Waals surface area contributed by atoms with Crippen molar-refractivity contribution in [2.45, 2.75) is 33.2 Å². The third-order valence-electron chi connectivity index (χ3n) is 3.30. The molecule has 0 bridgehead atoms. The summed E-state index contributed by atoms with van der Waals surface area (Å²) >= 11 is 0. The van der Waals surface area contributed by atoms with Crippen LogP contribution in [0.25, 0.3) is 0 Å². The maximum absolute atomic E-state index is 5.71. The van der Waals surface area contributed by atoms with Crippen LogP contribution in [-0.4, -0.2) is 11.9 Å². The van der Waals surface area contributed by atoms with Crippen LogP contribution >= 0.6 is 0 Å². The van der Waals surface area contributed by atoms with Crippen molar-refractivity contribution < 1.29 is 0 Å². The van der Waals surface area contributed by atoms with Gasteiger partial charge in [0.2, 0.25) is 0 Å². The van der Waals surface area contributed by atoms with E-state index in [1.807, 2.05) is 0 Å². The Bertz CT molecular complexity index is 218. The van der Waals surface area contributed by atoms with Gasteiger partial charge in [-0.1, -0.05) is 20.8 Å². The van der Waals surface area contributed by atoms with Gasteiger partial charge in [-0.05, 0) is 17.3 Å². The van der Waals surface area contributed by atoms with E-state index in [9.17, 15) is 0 Å². The lowest BCUT2D eigenvalue weighted by Crippen LogP contribution is -2.22. The molecule has 1 saturated carbocycles. The monoisotopic (exact) mass is 152 g/mol. The molecule has 1 heterocycles. The maximum Gasteiger partial charge on any atom is 0.0943 e. The SMILES string of the molecule is C[C@@H]1CC(N)=N[C@@H]2[C@H]1C2(C)C. The third kappa shape index (κ3) is 0.815. The van der Waals surface area contributed by atoms with Crippen LogP contribution in [-0.2, 0) is 0 Å². The van der Waals surface area contributed by atoms with Gasteiger partial charge in [-0.25, -0.2) is 0 Å². The summed E-state index contributed by atoms with van der Waals surface area (Å²) in [6, 6.07) is 0.534. The van der Waals surface area contributed by atoms with Crippen molar-refractivity contribution in [3.05, 3.63) is 0 Å². The van der Waals surface area contributed by atoms with Gasteiger partial charge in [0, 0.05) is 6.42 Å². The Morgan fingerprint density at radius 2 is 2.18 bits per heavy atom. The Morgan fingerprint density at radius 3 is 2.73 bits per heavy atom. The van der Waals surface area contributed by atoms with Gasteiger partial charge in [0.15, 0.2) is 0 Å². The van der Waals surface area contributed by atoms with Crippen molar-refractivity contribution in [1.29, 1.82) is 0 Å². The summed E-state index contributed by atoms with van der Waals surface area (Å²) in [7, 11) is 0. The number of nitrogens with two attached hydrogens (primary N) is 1. The fourth-order valence-corrected chi connectivity index (χ4v) is 2.63. The first-order valence-electron chi connectivity index (χ1n) is 4.35. The Hall–Kier alpha value is -0.530. The van der Waals surface area contributed by atoms with E-state index >= 15 is 0 Å². The number of aliphatic imine (C=N–C) groups is 1. The first kappa shape index (κ1) is 7.14. The molecule has 0 aromatic carbocycles. The highest BCUT2D eigenvalue weighted by Gasteiger charge is 2.61. The van der Waals surface area contributed by atoms with Gasteiger partial charge >= 0.3 is 0 Å². The van der Waals surface area contributed by atoms with Crippen LogP contribution in [0.5, 0.6) is 0 Å². The highest BCUT2D eigenvalue weighted by Crippen LogP contribution is 2.60. The normalized spacial score (nSPS) is 46.1. The van der Waals surface area contributed by atoms with Crippen molar-refractivity contribution in [1.82, 2.24) is 0 Å². The van der Waals surface area contributed by atoms with E-state index < -0.39 is 0 Å². The summed E-state index contributed by atoms with van der Waals surface area (Å²) in [4.78, 5) is 4.45. The fraction of sp³-hybridized carbons (Fsp3) is 0.889. The number of fused-ring (bicyclic) bond motifs is 1. The average molecular weight is 152 g/mol. The molecule has 0 aromatic heterocycles. The van der Waals surface area contributed by atoms with E-state index in [0.717, 1.165) is 24.1 Å². The number of nitrogens with zero attached hydrogens (tertiary/aromatic N) is 1. The zero-order valence-corrected chi connectivity index (χ0v) is 7.46. The molecule has 2 N–H and O–H groups in total. The summed E-state index contributed by atoms with van der Waals surface area (Å²) in [6.07, 6.45) is 1.00. The molecular weight excluding hydrogens is 136 g/mol. The minimum atomic E-state index is 0.431. The van der Waals surface area contributed by atoms with Gasteiger partial charge < -0.3 is 5.73 Å². The molecule has 11 heavy (non-hydrogen) atoms. The van der Waals surface area contributed by atoms with Crippen LogP contribution in [0.2, 0.25) is 0 Å². The molecule has 1 aliphatic heterocycles. The van der Waals surface area contributed by atoms with Crippen molar-refractivity contribution in [3.8, 4) is 0 Å². The maximum atomic E-state index is 5.71. The van der Waals surface area contributed by atoms with Gasteiger partial charge in [0.1, 0.15) is 0 Å². The Morgan fingerprint density at radius 1 is 1.55 bits per heavy atom. The van der Waals surface area contributed by atoms with Gasteiger partial charge in [0.05, 0.1) is 11.9 Å². The zero-order valence-electron chi connectivity index (χ0n) is 7.46. The Labute approximate surface area is 67.9 Å². The molecular formula is C9H16N2. The summed E-state index contributed by atoms with van der Waals surface area (Å²) in [5.41, 5.74) is 6.14. The molecule has 2 heteroatoms. The second kappa shape index (κ2) is 1.79. The third-order valence-corrected chi connectivity index (χ3v) is 3.30. The van der Waals surface area contributed by atoms with Gasteiger partial charge in [-0.3, -0.25) is 4.99 Å². The van der Waals surface area contributed by atoms with Crippen LogP contribution < -0.4 is 5.73 Å². The Balaban J connectivity index is 2.25. The largest absolute Gasteiger partial charge is 0.387 e. The predicted molar refractivity (Wildman–Crippen MR) is 46.5 cm³/mol. The van der Waals surface area contributed by atoms with Crippen LogP contribution in [0.3, 0.4) is 0 Å². The van der Waals surface area contributed by atoms with Crippen LogP contribution in [0.4, 0.5) is 0 Å². The van der Waals surface area contributed by atoms with Gasteiger partial charge in [0.25, 0.3) is 0 Å². The van der Waals surface area contributed by atoms with Gasteiger partial charge in [-0.15, -0.1) is 0 Å². The summed E-state index contributed by atoms with van der Waals surface area (Å²) in [5, 5.41) is 0. The number of rotatable bonds is 0.